The van der Waals surface area contributed by atoms with E-state index in [0.717, 1.165) is 49.3 Å². The molecule has 0 bridgehead atoms. The molecule has 0 atom stereocenters. The number of benzene rings is 4. The maximum Gasteiger partial charge on any atom is 0.273 e. The van der Waals surface area contributed by atoms with Crippen LogP contribution in [0.2, 0.25) is 0 Å². The summed E-state index contributed by atoms with van der Waals surface area (Å²) in [5.74, 6) is 0. The zero-order chi connectivity index (χ0) is 27.2. The van der Waals surface area contributed by atoms with Crippen LogP contribution in [0.25, 0.3) is 0 Å². The summed E-state index contributed by atoms with van der Waals surface area (Å²) in [5.41, 5.74) is 13.8. The van der Waals surface area contributed by atoms with Crippen molar-refractivity contribution in [2.24, 2.45) is 0 Å². The molecule has 4 N–H and O–H groups in total. The van der Waals surface area contributed by atoms with Crippen molar-refractivity contribution in [1.29, 1.82) is 0 Å². The van der Waals surface area contributed by atoms with Crippen molar-refractivity contribution in [3.8, 4) is 0 Å². The van der Waals surface area contributed by atoms with Crippen LogP contribution in [0.5, 0.6) is 0 Å². The molecule has 38 heavy (non-hydrogen) atoms. The Balaban J connectivity index is 0.000000212. The number of nitrogens with one attached hydrogen (secondary N) is 2. The third kappa shape index (κ3) is 9.81. The molecule has 0 heterocycles. The first-order valence-corrected chi connectivity index (χ1v) is 13.0. The first kappa shape index (κ1) is 28.6. The van der Waals surface area contributed by atoms with Gasteiger partial charge >= 0.3 is 0 Å². The van der Waals surface area contributed by atoms with Crippen LogP contribution in [0.1, 0.15) is 33.4 Å². The molecule has 4 aromatic rings. The van der Waals surface area contributed by atoms with Crippen molar-refractivity contribution in [2.45, 2.75) is 39.8 Å². The van der Waals surface area contributed by atoms with Crippen LogP contribution in [0, 0.1) is 24.0 Å². The molecule has 0 aliphatic heterocycles. The second kappa shape index (κ2) is 15.3. The Hall–Kier alpha value is -4.00. The lowest BCUT2D eigenvalue weighted by Gasteiger charge is -2.08. The largest absolute Gasteiger partial charge is 0.398 e. The summed E-state index contributed by atoms with van der Waals surface area (Å²) in [4.78, 5) is 10.6. The zero-order valence-electron chi connectivity index (χ0n) is 22.3. The van der Waals surface area contributed by atoms with Crippen LogP contribution in [-0.2, 0) is 25.9 Å². The van der Waals surface area contributed by atoms with E-state index >= 15 is 0 Å². The van der Waals surface area contributed by atoms with Crippen molar-refractivity contribution in [2.75, 3.05) is 18.8 Å². The number of anilines is 1. The van der Waals surface area contributed by atoms with Gasteiger partial charge in [-0.1, -0.05) is 90.0 Å². The number of nitrogens with zero attached hydrogens (tertiary/aromatic N) is 1. The molecule has 6 nitrogen and oxygen atoms in total. The van der Waals surface area contributed by atoms with Crippen LogP contribution in [0.4, 0.5) is 11.4 Å². The molecule has 4 rings (SSSR count). The average Bonchev–Trinajstić information content (AvgIpc) is 2.92. The Morgan fingerprint density at radius 2 is 1.16 bits per heavy atom. The summed E-state index contributed by atoms with van der Waals surface area (Å²) < 4.78 is 0. The topological polar surface area (TPSA) is 93.2 Å². The van der Waals surface area contributed by atoms with E-state index in [-0.39, 0.29) is 10.6 Å². The maximum atomic E-state index is 11.0. The number of hydrogen-bond acceptors (Lipinski definition) is 5. The van der Waals surface area contributed by atoms with Crippen LogP contribution < -0.4 is 16.4 Å². The third-order valence-electron chi connectivity index (χ3n) is 6.23. The molecule has 0 aromatic heterocycles. The van der Waals surface area contributed by atoms with Crippen LogP contribution in [0.3, 0.4) is 0 Å². The van der Waals surface area contributed by atoms with E-state index in [1.807, 2.05) is 49.4 Å². The predicted octanol–water partition coefficient (Wildman–Crippen LogP) is 6.15. The monoisotopic (exact) mass is 510 g/mol. The Labute approximate surface area is 226 Å². The average molecular weight is 511 g/mol. The molecular formula is C32H38N4O2. The third-order valence-corrected chi connectivity index (χ3v) is 6.23. The Bertz CT molecular complexity index is 1280. The van der Waals surface area contributed by atoms with Gasteiger partial charge in [-0.05, 0) is 68.6 Å². The molecule has 0 unspecified atom stereocenters. The molecule has 0 fully saturated rings. The summed E-state index contributed by atoms with van der Waals surface area (Å²) in [7, 11) is 0. The molecule has 0 spiro atoms. The number of nitrogen functional groups attached to an aromatic ring is 1. The Morgan fingerprint density at radius 3 is 1.68 bits per heavy atom. The fourth-order valence-corrected chi connectivity index (χ4v) is 4.12. The fraction of sp³-hybridized carbons (Fsp3) is 0.250. The molecule has 0 radical (unpaired) electrons. The smallest absolute Gasteiger partial charge is 0.273 e. The molecular weight excluding hydrogens is 472 g/mol. The normalized spacial score (nSPS) is 10.5. The van der Waals surface area contributed by atoms with Crippen LogP contribution in [-0.4, -0.2) is 18.0 Å². The highest BCUT2D eigenvalue weighted by Gasteiger charge is 2.12. The SMILES string of the molecule is Cc1ccc(N)c(CNCCc2ccccc2)c1.Cc1ccc([N+](=O)[O-])c(CNCCc2ccccc2)c1. The summed E-state index contributed by atoms with van der Waals surface area (Å²) in [6.45, 7) is 7.15. The minimum absolute atomic E-state index is 0.183. The van der Waals surface area contributed by atoms with E-state index in [9.17, 15) is 10.1 Å². The van der Waals surface area contributed by atoms with Crippen molar-refractivity contribution < 1.29 is 4.92 Å². The number of nitro benzene ring substituents is 1. The van der Waals surface area contributed by atoms with Gasteiger partial charge < -0.3 is 16.4 Å². The Kier molecular flexibility index (Phi) is 11.5. The number of nitrogens with two attached hydrogens (primary N) is 1. The number of rotatable bonds is 11. The van der Waals surface area contributed by atoms with Crippen molar-refractivity contribution in [3.05, 3.63) is 141 Å². The molecule has 4 aromatic carbocycles. The summed E-state index contributed by atoms with van der Waals surface area (Å²) >= 11 is 0. The summed E-state index contributed by atoms with van der Waals surface area (Å²) in [6.07, 6.45) is 1.97. The van der Waals surface area contributed by atoms with E-state index in [0.29, 0.717) is 6.54 Å². The van der Waals surface area contributed by atoms with E-state index in [4.69, 9.17) is 5.73 Å². The van der Waals surface area contributed by atoms with Crippen LogP contribution in [0.15, 0.2) is 97.1 Å². The minimum atomic E-state index is -0.326. The molecule has 6 heteroatoms. The lowest BCUT2D eigenvalue weighted by molar-refractivity contribution is -0.385. The summed E-state index contributed by atoms with van der Waals surface area (Å²) in [5, 5.41) is 17.7. The van der Waals surface area contributed by atoms with Crippen molar-refractivity contribution in [3.63, 3.8) is 0 Å². The van der Waals surface area contributed by atoms with E-state index in [1.165, 1.54) is 22.3 Å². The van der Waals surface area contributed by atoms with Gasteiger partial charge in [-0.15, -0.1) is 0 Å². The fourth-order valence-electron chi connectivity index (χ4n) is 4.12. The number of hydrogen-bond donors (Lipinski definition) is 3. The molecule has 0 aliphatic carbocycles. The standard InChI is InChI=1S/C16H18N2O2.C16H20N2/c1-13-7-8-16(18(19)20)15(11-13)12-17-10-9-14-5-3-2-4-6-14;1-13-7-8-16(17)15(11-13)12-18-10-9-14-5-3-2-4-6-14/h2-8,11,17H,9-10,12H2,1H3;2-8,11,18H,9-10,12,17H2,1H3. The Morgan fingerprint density at radius 1 is 0.684 bits per heavy atom. The van der Waals surface area contributed by atoms with E-state index in [2.05, 4.69) is 60.0 Å². The molecule has 0 saturated heterocycles. The minimum Gasteiger partial charge on any atom is -0.398 e. The van der Waals surface area contributed by atoms with Gasteiger partial charge in [0.2, 0.25) is 0 Å². The van der Waals surface area contributed by atoms with E-state index < -0.39 is 0 Å². The van der Waals surface area contributed by atoms with Gasteiger partial charge in [0, 0.05) is 30.4 Å². The first-order valence-electron chi connectivity index (χ1n) is 13.0. The number of aryl methyl sites for hydroxylation is 2. The number of nitro groups is 1. The highest BCUT2D eigenvalue weighted by atomic mass is 16.6. The van der Waals surface area contributed by atoms with E-state index in [1.54, 1.807) is 12.1 Å². The molecule has 0 amide bonds. The van der Waals surface area contributed by atoms with Crippen molar-refractivity contribution >= 4 is 11.4 Å². The van der Waals surface area contributed by atoms with Gasteiger partial charge in [0.05, 0.1) is 4.92 Å². The predicted molar refractivity (Wildman–Crippen MR) is 157 cm³/mol. The second-order valence-corrected chi connectivity index (χ2v) is 9.42. The quantitative estimate of drug-likeness (QED) is 0.0975. The van der Waals surface area contributed by atoms with Gasteiger partial charge in [-0.3, -0.25) is 10.1 Å². The van der Waals surface area contributed by atoms with Gasteiger partial charge in [0.25, 0.3) is 5.69 Å². The highest BCUT2D eigenvalue weighted by molar-refractivity contribution is 5.48. The lowest BCUT2D eigenvalue weighted by atomic mass is 10.1. The van der Waals surface area contributed by atoms with Gasteiger partial charge in [0.15, 0.2) is 0 Å². The highest BCUT2D eigenvalue weighted by Crippen LogP contribution is 2.19. The van der Waals surface area contributed by atoms with Gasteiger partial charge in [-0.25, -0.2) is 0 Å². The first-order chi connectivity index (χ1) is 18.4. The zero-order valence-corrected chi connectivity index (χ0v) is 22.3. The van der Waals surface area contributed by atoms with Gasteiger partial charge in [0.1, 0.15) is 0 Å². The molecule has 0 saturated carbocycles. The summed E-state index contributed by atoms with van der Waals surface area (Å²) in [6, 6.07) is 32.1. The molecule has 198 valence electrons. The van der Waals surface area contributed by atoms with Crippen LogP contribution >= 0.6 is 0 Å². The second-order valence-electron chi connectivity index (χ2n) is 9.42. The maximum absolute atomic E-state index is 11.0. The lowest BCUT2D eigenvalue weighted by Crippen LogP contribution is -2.17. The molecule has 0 aliphatic rings. The van der Waals surface area contributed by atoms with Crippen molar-refractivity contribution in [1.82, 2.24) is 10.6 Å². The van der Waals surface area contributed by atoms with Gasteiger partial charge in [-0.2, -0.15) is 0 Å².